The summed E-state index contributed by atoms with van der Waals surface area (Å²) in [6.07, 6.45) is 2.76. The van der Waals surface area contributed by atoms with Gasteiger partial charge in [-0.1, -0.05) is 12.1 Å². The molecule has 1 N–H and O–H groups in total. The number of hydrogen-bond donors (Lipinski definition) is 1. The molecule has 2 unspecified atom stereocenters. The molecule has 1 aliphatic rings. The largest absolute Gasteiger partial charge is 0.389 e. The van der Waals surface area contributed by atoms with Crippen LogP contribution in [0.5, 0.6) is 0 Å². The third kappa shape index (κ3) is 2.44. The van der Waals surface area contributed by atoms with Crippen LogP contribution in [-0.2, 0) is 0 Å². The molecule has 1 saturated heterocycles. The number of rotatable bonds is 2. The molecule has 1 aromatic rings. The predicted octanol–water partition coefficient (Wildman–Crippen LogP) is 3.26. The number of halogens is 1. The summed E-state index contributed by atoms with van der Waals surface area (Å²) < 4.78 is 14.0. The Morgan fingerprint density at radius 2 is 2.18 bits per heavy atom. The Morgan fingerprint density at radius 1 is 1.41 bits per heavy atom. The quantitative estimate of drug-likeness (QED) is 0.853. The molecule has 2 rings (SSSR count). The van der Waals surface area contributed by atoms with E-state index in [9.17, 15) is 9.50 Å². The van der Waals surface area contributed by atoms with Gasteiger partial charge in [0.05, 0.1) is 11.8 Å². The summed E-state index contributed by atoms with van der Waals surface area (Å²) in [6.45, 7) is 4.69. The van der Waals surface area contributed by atoms with Crippen LogP contribution in [0.25, 0.3) is 0 Å². The lowest BCUT2D eigenvalue weighted by molar-refractivity contribution is 0.199. The molecular formula is C14H20FNO. The monoisotopic (exact) mass is 237 g/mol. The molecule has 0 amide bonds. The van der Waals surface area contributed by atoms with Crippen molar-refractivity contribution in [3.8, 4) is 0 Å². The highest BCUT2D eigenvalue weighted by molar-refractivity contribution is 5.56. The average Bonchev–Trinajstić information content (AvgIpc) is 2.30. The van der Waals surface area contributed by atoms with Gasteiger partial charge in [-0.15, -0.1) is 0 Å². The minimum Gasteiger partial charge on any atom is -0.389 e. The lowest BCUT2D eigenvalue weighted by atomic mass is 9.99. The fourth-order valence-corrected chi connectivity index (χ4v) is 2.60. The van der Waals surface area contributed by atoms with E-state index in [4.69, 9.17) is 0 Å². The summed E-state index contributed by atoms with van der Waals surface area (Å²) in [5.41, 5.74) is 1.29. The first kappa shape index (κ1) is 12.4. The van der Waals surface area contributed by atoms with Gasteiger partial charge in [0.2, 0.25) is 0 Å². The first-order valence-corrected chi connectivity index (χ1v) is 6.34. The van der Waals surface area contributed by atoms with E-state index in [1.54, 1.807) is 13.0 Å². The number of hydrogen-bond acceptors (Lipinski definition) is 2. The molecule has 17 heavy (non-hydrogen) atoms. The van der Waals surface area contributed by atoms with Crippen LogP contribution in [0.4, 0.5) is 10.1 Å². The second-order valence-electron chi connectivity index (χ2n) is 4.89. The second kappa shape index (κ2) is 5.05. The number of para-hydroxylation sites is 1. The molecule has 3 heteroatoms. The van der Waals surface area contributed by atoms with Crippen molar-refractivity contribution in [2.24, 2.45) is 0 Å². The van der Waals surface area contributed by atoms with Crippen molar-refractivity contribution in [2.45, 2.75) is 45.3 Å². The highest BCUT2D eigenvalue weighted by Crippen LogP contribution is 2.33. The summed E-state index contributed by atoms with van der Waals surface area (Å²) >= 11 is 0. The van der Waals surface area contributed by atoms with E-state index in [1.165, 1.54) is 12.5 Å². The van der Waals surface area contributed by atoms with Crippen molar-refractivity contribution >= 4 is 5.69 Å². The molecular weight excluding hydrogens is 217 g/mol. The van der Waals surface area contributed by atoms with Gasteiger partial charge in [0.25, 0.3) is 0 Å². The number of anilines is 1. The van der Waals surface area contributed by atoms with E-state index in [0.29, 0.717) is 17.3 Å². The number of aliphatic hydroxyl groups is 1. The van der Waals surface area contributed by atoms with E-state index in [0.717, 1.165) is 19.4 Å². The van der Waals surface area contributed by atoms with Crippen LogP contribution < -0.4 is 4.90 Å². The number of nitrogens with zero attached hydrogens (tertiary/aromatic N) is 1. The Morgan fingerprint density at radius 3 is 2.82 bits per heavy atom. The Labute approximate surface area is 102 Å². The maximum absolute atomic E-state index is 14.0. The summed E-state index contributed by atoms with van der Waals surface area (Å²) in [4.78, 5) is 2.10. The van der Waals surface area contributed by atoms with Gasteiger partial charge >= 0.3 is 0 Å². The topological polar surface area (TPSA) is 23.5 Å². The molecule has 0 spiro atoms. The Kier molecular flexibility index (Phi) is 3.67. The molecule has 0 radical (unpaired) electrons. The zero-order valence-electron chi connectivity index (χ0n) is 10.5. The molecule has 0 saturated carbocycles. The van der Waals surface area contributed by atoms with Gasteiger partial charge in [0.15, 0.2) is 0 Å². The molecule has 1 aliphatic heterocycles. The van der Waals surface area contributed by atoms with Crippen LogP contribution in [0.2, 0.25) is 0 Å². The Hall–Kier alpha value is -1.09. The smallest absolute Gasteiger partial charge is 0.146 e. The van der Waals surface area contributed by atoms with Gasteiger partial charge < -0.3 is 10.0 Å². The SMILES string of the molecule is CC(O)c1cccc(F)c1N1CCCCC1C. The van der Waals surface area contributed by atoms with E-state index < -0.39 is 6.10 Å². The molecule has 0 aliphatic carbocycles. The van der Waals surface area contributed by atoms with Crippen LogP contribution in [0.15, 0.2) is 18.2 Å². The fraction of sp³-hybridized carbons (Fsp3) is 0.571. The van der Waals surface area contributed by atoms with Crippen molar-refractivity contribution in [1.29, 1.82) is 0 Å². The van der Waals surface area contributed by atoms with Gasteiger partial charge in [-0.05, 0) is 39.2 Å². The van der Waals surface area contributed by atoms with Crippen molar-refractivity contribution in [3.63, 3.8) is 0 Å². The lowest BCUT2D eigenvalue weighted by Gasteiger charge is -2.37. The molecule has 1 aromatic carbocycles. The number of benzene rings is 1. The molecule has 94 valence electrons. The van der Waals surface area contributed by atoms with Crippen LogP contribution in [0.1, 0.15) is 44.8 Å². The van der Waals surface area contributed by atoms with Crippen molar-refractivity contribution in [3.05, 3.63) is 29.6 Å². The highest BCUT2D eigenvalue weighted by atomic mass is 19.1. The summed E-state index contributed by atoms with van der Waals surface area (Å²) in [5, 5.41) is 9.75. The summed E-state index contributed by atoms with van der Waals surface area (Å²) in [6, 6.07) is 5.29. The second-order valence-corrected chi connectivity index (χ2v) is 4.89. The van der Waals surface area contributed by atoms with E-state index in [2.05, 4.69) is 11.8 Å². The standard InChI is InChI=1S/C14H20FNO/c1-10-6-3-4-9-16(10)14-12(11(2)17)7-5-8-13(14)15/h5,7-8,10-11,17H,3-4,6,9H2,1-2H3. The lowest BCUT2D eigenvalue weighted by Crippen LogP contribution is -2.38. The average molecular weight is 237 g/mol. The van der Waals surface area contributed by atoms with E-state index in [-0.39, 0.29) is 5.82 Å². The van der Waals surface area contributed by atoms with Crippen LogP contribution in [-0.4, -0.2) is 17.7 Å². The first-order valence-electron chi connectivity index (χ1n) is 6.34. The van der Waals surface area contributed by atoms with E-state index in [1.807, 2.05) is 6.07 Å². The minimum atomic E-state index is -0.630. The zero-order valence-corrected chi connectivity index (χ0v) is 10.5. The fourth-order valence-electron chi connectivity index (χ4n) is 2.60. The summed E-state index contributed by atoms with van der Waals surface area (Å²) in [5.74, 6) is -0.225. The molecule has 1 fully saturated rings. The maximum Gasteiger partial charge on any atom is 0.146 e. The van der Waals surface area contributed by atoms with Crippen LogP contribution >= 0.6 is 0 Å². The van der Waals surface area contributed by atoms with E-state index >= 15 is 0 Å². The van der Waals surface area contributed by atoms with Gasteiger partial charge in [0.1, 0.15) is 5.82 Å². The number of aliphatic hydroxyl groups excluding tert-OH is 1. The van der Waals surface area contributed by atoms with Crippen LogP contribution in [0.3, 0.4) is 0 Å². The van der Waals surface area contributed by atoms with Gasteiger partial charge in [0, 0.05) is 18.2 Å². The zero-order chi connectivity index (χ0) is 12.4. The van der Waals surface area contributed by atoms with Crippen molar-refractivity contribution < 1.29 is 9.50 Å². The first-order chi connectivity index (χ1) is 8.11. The molecule has 2 nitrogen and oxygen atoms in total. The molecule has 0 aromatic heterocycles. The predicted molar refractivity (Wildman–Crippen MR) is 67.7 cm³/mol. The van der Waals surface area contributed by atoms with Crippen molar-refractivity contribution in [2.75, 3.05) is 11.4 Å². The van der Waals surface area contributed by atoms with Gasteiger partial charge in [-0.2, -0.15) is 0 Å². The minimum absolute atomic E-state index is 0.225. The van der Waals surface area contributed by atoms with Crippen molar-refractivity contribution in [1.82, 2.24) is 0 Å². The summed E-state index contributed by atoms with van der Waals surface area (Å²) in [7, 11) is 0. The van der Waals surface area contributed by atoms with Crippen LogP contribution in [0, 0.1) is 5.82 Å². The molecule has 2 atom stereocenters. The third-order valence-electron chi connectivity index (χ3n) is 3.56. The maximum atomic E-state index is 14.0. The third-order valence-corrected chi connectivity index (χ3v) is 3.56. The normalized spacial score (nSPS) is 22.6. The Bertz CT molecular complexity index is 392. The molecule has 0 bridgehead atoms. The van der Waals surface area contributed by atoms with Gasteiger partial charge in [-0.3, -0.25) is 0 Å². The number of piperidine rings is 1. The molecule has 1 heterocycles. The highest BCUT2D eigenvalue weighted by Gasteiger charge is 2.24. The van der Waals surface area contributed by atoms with Gasteiger partial charge in [-0.25, -0.2) is 4.39 Å². The Balaban J connectivity index is 2.41.